The van der Waals surface area contributed by atoms with E-state index in [-0.39, 0.29) is 5.91 Å². The molecule has 0 aromatic heterocycles. The number of carbonyl (C=O) groups excluding carboxylic acids is 1. The van der Waals surface area contributed by atoms with Gasteiger partial charge in [-0.1, -0.05) is 45.8 Å². The topological polar surface area (TPSA) is 38.3 Å². The van der Waals surface area contributed by atoms with Crippen molar-refractivity contribution >= 4 is 27.9 Å². The number of ether oxygens (including phenoxy) is 1. The largest absolute Gasteiger partial charge is 0.492 e. The second kappa shape index (κ2) is 8.39. The third-order valence-corrected chi connectivity index (χ3v) is 3.46. The fourth-order valence-electron chi connectivity index (χ4n) is 1.82. The summed E-state index contributed by atoms with van der Waals surface area (Å²) in [6.07, 6.45) is 3.30. The number of nitrogens with one attached hydrogen (secondary N) is 1. The highest BCUT2D eigenvalue weighted by atomic mass is 79.9. The summed E-state index contributed by atoms with van der Waals surface area (Å²) in [6.45, 7) is 2.94. The minimum absolute atomic E-state index is 0.132. The molecule has 4 heteroatoms. The van der Waals surface area contributed by atoms with E-state index in [1.807, 2.05) is 55.5 Å². The van der Waals surface area contributed by atoms with Gasteiger partial charge in [-0.15, -0.1) is 0 Å². The van der Waals surface area contributed by atoms with Crippen molar-refractivity contribution in [3.05, 3.63) is 70.2 Å². The van der Waals surface area contributed by atoms with Crippen molar-refractivity contribution in [1.82, 2.24) is 5.32 Å². The summed E-state index contributed by atoms with van der Waals surface area (Å²) < 4.78 is 6.53. The van der Waals surface area contributed by atoms with Crippen LogP contribution in [0.15, 0.2) is 59.1 Å². The van der Waals surface area contributed by atoms with E-state index in [1.165, 1.54) is 11.6 Å². The molecule has 0 aliphatic heterocycles. The van der Waals surface area contributed by atoms with E-state index in [2.05, 4.69) is 21.2 Å². The Hall–Kier alpha value is -2.07. The predicted molar refractivity (Wildman–Crippen MR) is 92.9 cm³/mol. The average molecular weight is 360 g/mol. The molecule has 0 saturated heterocycles. The van der Waals surface area contributed by atoms with Crippen molar-refractivity contribution in [3.8, 4) is 5.75 Å². The Morgan fingerprint density at radius 1 is 1.23 bits per heavy atom. The summed E-state index contributed by atoms with van der Waals surface area (Å²) in [5.41, 5.74) is 2.17. The third-order valence-electron chi connectivity index (χ3n) is 2.97. The maximum absolute atomic E-state index is 11.7. The molecular formula is C18H18BrNO2. The molecule has 0 aliphatic carbocycles. The Kier molecular flexibility index (Phi) is 6.22. The summed E-state index contributed by atoms with van der Waals surface area (Å²) in [5.74, 6) is 0.678. The minimum Gasteiger partial charge on any atom is -0.492 e. The zero-order chi connectivity index (χ0) is 15.8. The van der Waals surface area contributed by atoms with Gasteiger partial charge in [-0.25, -0.2) is 0 Å². The fourth-order valence-corrected chi connectivity index (χ4v) is 2.24. The van der Waals surface area contributed by atoms with Gasteiger partial charge in [0.2, 0.25) is 5.91 Å². The van der Waals surface area contributed by atoms with Gasteiger partial charge in [0.05, 0.1) is 6.54 Å². The predicted octanol–water partition coefficient (Wildman–Crippen LogP) is 3.97. The molecule has 1 amide bonds. The van der Waals surface area contributed by atoms with E-state index in [0.717, 1.165) is 15.8 Å². The van der Waals surface area contributed by atoms with Crippen LogP contribution < -0.4 is 10.1 Å². The molecule has 2 rings (SSSR count). The lowest BCUT2D eigenvalue weighted by atomic mass is 10.2. The first-order valence-corrected chi connectivity index (χ1v) is 7.84. The maximum Gasteiger partial charge on any atom is 0.244 e. The van der Waals surface area contributed by atoms with Gasteiger partial charge in [0.1, 0.15) is 12.4 Å². The standard InChI is InChI=1S/C18H18BrNO2/c1-14-5-8-17(9-6-14)22-12-11-20-18(21)10-7-15-3-2-4-16(19)13-15/h2-10,13H,11-12H2,1H3,(H,20,21)/b10-7+. The lowest BCUT2D eigenvalue weighted by Crippen LogP contribution is -2.26. The molecule has 2 aromatic rings. The van der Waals surface area contributed by atoms with Crippen LogP contribution in [0.1, 0.15) is 11.1 Å². The highest BCUT2D eigenvalue weighted by molar-refractivity contribution is 9.10. The highest BCUT2D eigenvalue weighted by Gasteiger charge is 1.97. The van der Waals surface area contributed by atoms with Crippen LogP contribution in [0.25, 0.3) is 6.08 Å². The van der Waals surface area contributed by atoms with Crippen LogP contribution in [0.3, 0.4) is 0 Å². The second-order valence-electron chi connectivity index (χ2n) is 4.84. The van der Waals surface area contributed by atoms with Crippen molar-refractivity contribution < 1.29 is 9.53 Å². The van der Waals surface area contributed by atoms with Crippen LogP contribution in [0.2, 0.25) is 0 Å². The molecule has 0 aliphatic rings. The number of hydrogen-bond acceptors (Lipinski definition) is 2. The lowest BCUT2D eigenvalue weighted by Gasteiger charge is -2.06. The smallest absolute Gasteiger partial charge is 0.244 e. The molecule has 0 fully saturated rings. The number of carbonyl (C=O) groups is 1. The summed E-state index contributed by atoms with van der Waals surface area (Å²) in [7, 11) is 0. The van der Waals surface area contributed by atoms with Gasteiger partial charge in [0.15, 0.2) is 0 Å². The van der Waals surface area contributed by atoms with Crippen LogP contribution in [0.5, 0.6) is 5.75 Å². The zero-order valence-corrected chi connectivity index (χ0v) is 14.0. The van der Waals surface area contributed by atoms with Gasteiger partial charge in [-0.2, -0.15) is 0 Å². The molecule has 0 saturated carbocycles. The van der Waals surface area contributed by atoms with Gasteiger partial charge in [-0.05, 0) is 42.8 Å². The van der Waals surface area contributed by atoms with Crippen LogP contribution in [-0.4, -0.2) is 19.1 Å². The second-order valence-corrected chi connectivity index (χ2v) is 5.76. The Morgan fingerprint density at radius 3 is 2.73 bits per heavy atom. The van der Waals surface area contributed by atoms with Gasteiger partial charge in [0.25, 0.3) is 0 Å². The Labute approximate surface area is 139 Å². The van der Waals surface area contributed by atoms with Crippen molar-refractivity contribution in [1.29, 1.82) is 0 Å². The third kappa shape index (κ3) is 5.74. The minimum atomic E-state index is -0.132. The van der Waals surface area contributed by atoms with Crippen molar-refractivity contribution in [3.63, 3.8) is 0 Å². The van der Waals surface area contributed by atoms with Crippen molar-refractivity contribution in [2.75, 3.05) is 13.2 Å². The first-order chi connectivity index (χ1) is 10.6. The van der Waals surface area contributed by atoms with E-state index in [4.69, 9.17) is 4.74 Å². The average Bonchev–Trinajstić information content (AvgIpc) is 2.51. The molecule has 0 spiro atoms. The zero-order valence-electron chi connectivity index (χ0n) is 12.4. The monoisotopic (exact) mass is 359 g/mol. The van der Waals surface area contributed by atoms with Gasteiger partial charge >= 0.3 is 0 Å². The Bertz CT molecular complexity index is 650. The van der Waals surface area contributed by atoms with Gasteiger partial charge < -0.3 is 10.1 Å². The Morgan fingerprint density at radius 2 is 2.00 bits per heavy atom. The molecule has 1 N–H and O–H groups in total. The number of benzene rings is 2. The first kappa shape index (κ1) is 16.3. The van der Waals surface area contributed by atoms with E-state index in [9.17, 15) is 4.79 Å². The van der Waals surface area contributed by atoms with Crippen molar-refractivity contribution in [2.24, 2.45) is 0 Å². The molecule has 3 nitrogen and oxygen atoms in total. The molecule has 2 aromatic carbocycles. The molecule has 0 heterocycles. The first-order valence-electron chi connectivity index (χ1n) is 7.04. The number of halogens is 1. The van der Waals surface area contributed by atoms with E-state index < -0.39 is 0 Å². The van der Waals surface area contributed by atoms with Gasteiger partial charge in [-0.3, -0.25) is 4.79 Å². The quantitative estimate of drug-likeness (QED) is 0.625. The number of aryl methyl sites for hydroxylation is 1. The van der Waals surface area contributed by atoms with E-state index in [1.54, 1.807) is 6.08 Å². The molecule has 114 valence electrons. The van der Waals surface area contributed by atoms with Crippen LogP contribution in [-0.2, 0) is 4.79 Å². The summed E-state index contributed by atoms with van der Waals surface area (Å²) in [6, 6.07) is 15.6. The van der Waals surface area contributed by atoms with Crippen LogP contribution in [0.4, 0.5) is 0 Å². The van der Waals surface area contributed by atoms with Crippen LogP contribution in [0, 0.1) is 6.92 Å². The molecule has 22 heavy (non-hydrogen) atoms. The highest BCUT2D eigenvalue weighted by Crippen LogP contribution is 2.12. The van der Waals surface area contributed by atoms with Gasteiger partial charge in [0, 0.05) is 10.5 Å². The lowest BCUT2D eigenvalue weighted by molar-refractivity contribution is -0.116. The normalized spacial score (nSPS) is 10.6. The number of hydrogen-bond donors (Lipinski definition) is 1. The van der Waals surface area contributed by atoms with E-state index in [0.29, 0.717) is 13.2 Å². The summed E-state index contributed by atoms with van der Waals surface area (Å²) in [4.78, 5) is 11.7. The molecule has 0 unspecified atom stereocenters. The maximum atomic E-state index is 11.7. The van der Waals surface area contributed by atoms with Crippen molar-refractivity contribution in [2.45, 2.75) is 6.92 Å². The fraction of sp³-hybridized carbons (Fsp3) is 0.167. The number of rotatable bonds is 6. The molecular weight excluding hydrogens is 342 g/mol. The molecule has 0 atom stereocenters. The molecule has 0 radical (unpaired) electrons. The molecule has 0 bridgehead atoms. The summed E-state index contributed by atoms with van der Waals surface area (Å²) >= 11 is 3.40. The van der Waals surface area contributed by atoms with Crippen LogP contribution >= 0.6 is 15.9 Å². The summed E-state index contributed by atoms with van der Waals surface area (Å²) in [5, 5.41) is 2.79. The SMILES string of the molecule is Cc1ccc(OCCNC(=O)/C=C/c2cccc(Br)c2)cc1. The Balaban J connectivity index is 1.70. The number of amides is 1. The van der Waals surface area contributed by atoms with E-state index >= 15 is 0 Å².